The fourth-order valence-electron chi connectivity index (χ4n) is 3.69. The van der Waals surface area contributed by atoms with Crippen LogP contribution < -0.4 is 10.6 Å². The molecule has 1 aliphatic rings. The molecule has 1 aliphatic heterocycles. The summed E-state index contributed by atoms with van der Waals surface area (Å²) in [5, 5.41) is 10.8. The zero-order valence-corrected chi connectivity index (χ0v) is 17.9. The average Bonchev–Trinajstić information content (AvgIpc) is 3.20. The lowest BCUT2D eigenvalue weighted by Crippen LogP contribution is -2.24. The van der Waals surface area contributed by atoms with Gasteiger partial charge in [-0.2, -0.15) is 5.10 Å². The van der Waals surface area contributed by atoms with E-state index < -0.39 is 6.04 Å². The molecule has 1 atom stereocenters. The molecule has 2 N–H and O–H groups in total. The normalized spacial score (nSPS) is 15.1. The van der Waals surface area contributed by atoms with Gasteiger partial charge in [-0.1, -0.05) is 54.4 Å². The molecule has 0 aliphatic carbocycles. The summed E-state index contributed by atoms with van der Waals surface area (Å²) in [6, 6.07) is 12.8. The number of nitrogens with one attached hydrogen (secondary N) is 2. The van der Waals surface area contributed by atoms with Crippen molar-refractivity contribution in [1.29, 1.82) is 0 Å². The van der Waals surface area contributed by atoms with Crippen LogP contribution in [0.5, 0.6) is 0 Å². The van der Waals surface area contributed by atoms with Gasteiger partial charge < -0.3 is 10.6 Å². The van der Waals surface area contributed by atoms with Crippen molar-refractivity contribution in [2.75, 3.05) is 10.6 Å². The van der Waals surface area contributed by atoms with Gasteiger partial charge in [-0.05, 0) is 43.5 Å². The highest BCUT2D eigenvalue weighted by Crippen LogP contribution is 2.39. The fourth-order valence-corrected chi connectivity index (χ4v) is 3.97. The number of hydrogen-bond donors (Lipinski definition) is 2. The molecule has 6 nitrogen and oxygen atoms in total. The quantitative estimate of drug-likeness (QED) is 0.613. The number of nitrogens with zero attached hydrogens (tertiary/aromatic N) is 2. The minimum Gasteiger partial charge on any atom is -0.325 e. The molecule has 154 valence electrons. The van der Waals surface area contributed by atoms with Crippen LogP contribution in [0.15, 0.2) is 42.5 Å². The Morgan fingerprint density at radius 3 is 2.53 bits per heavy atom. The molecular formula is C23H23ClN4O2. The van der Waals surface area contributed by atoms with Crippen LogP contribution in [0, 0.1) is 13.8 Å². The second-order valence-electron chi connectivity index (χ2n) is 7.58. The Labute approximate surface area is 180 Å². The number of anilines is 2. The van der Waals surface area contributed by atoms with E-state index in [1.165, 1.54) is 0 Å². The van der Waals surface area contributed by atoms with Gasteiger partial charge >= 0.3 is 0 Å². The maximum Gasteiger partial charge on any atom is 0.251 e. The summed E-state index contributed by atoms with van der Waals surface area (Å²) in [7, 11) is 0. The molecule has 0 saturated carbocycles. The Hall–Kier alpha value is -3.12. The Morgan fingerprint density at radius 1 is 1.17 bits per heavy atom. The summed E-state index contributed by atoms with van der Waals surface area (Å²) in [4.78, 5) is 25.3. The highest BCUT2D eigenvalue weighted by atomic mass is 35.5. The minimum atomic E-state index is -0.700. The number of halogens is 1. The summed E-state index contributed by atoms with van der Waals surface area (Å²) < 4.78 is 1.65. The van der Waals surface area contributed by atoms with Crippen molar-refractivity contribution >= 4 is 34.9 Å². The standard InChI is InChI=1S/C23H23ClN4O2/c1-4-17-21(15-8-5-13(2)6-9-15)22-26-23(30)19(28(22)27-17)12-20(29)25-18-10-7-14(3)11-16(18)24/h5-11,19H,4,12H2,1-3H3,(H,25,29)(H,26,30). The third kappa shape index (κ3) is 3.71. The van der Waals surface area contributed by atoms with Gasteiger partial charge in [0, 0.05) is 5.56 Å². The molecule has 1 aromatic heterocycles. The van der Waals surface area contributed by atoms with E-state index >= 15 is 0 Å². The second-order valence-corrected chi connectivity index (χ2v) is 7.98. The van der Waals surface area contributed by atoms with Crippen molar-refractivity contribution in [2.45, 2.75) is 39.7 Å². The third-order valence-electron chi connectivity index (χ3n) is 5.27. The molecule has 0 bridgehead atoms. The second kappa shape index (κ2) is 7.95. The number of carbonyl (C=O) groups is 2. The van der Waals surface area contributed by atoms with E-state index in [1.54, 1.807) is 16.8 Å². The highest BCUT2D eigenvalue weighted by Gasteiger charge is 2.36. The first-order valence-electron chi connectivity index (χ1n) is 9.92. The lowest BCUT2D eigenvalue weighted by molar-refractivity contribution is -0.123. The summed E-state index contributed by atoms with van der Waals surface area (Å²) in [5.74, 6) is 0.115. The predicted molar refractivity (Wildman–Crippen MR) is 119 cm³/mol. The fraction of sp³-hybridized carbons (Fsp3) is 0.261. The van der Waals surface area contributed by atoms with Gasteiger partial charge in [0.05, 0.1) is 22.8 Å². The molecule has 30 heavy (non-hydrogen) atoms. The van der Waals surface area contributed by atoms with Crippen molar-refractivity contribution in [3.05, 3.63) is 64.3 Å². The number of rotatable bonds is 5. The van der Waals surface area contributed by atoms with Crippen LogP contribution in [-0.2, 0) is 16.0 Å². The summed E-state index contributed by atoms with van der Waals surface area (Å²) in [5.41, 5.74) is 5.49. The van der Waals surface area contributed by atoms with Crippen LogP contribution in [0.4, 0.5) is 11.5 Å². The van der Waals surface area contributed by atoms with Crippen molar-refractivity contribution < 1.29 is 9.59 Å². The number of aromatic nitrogens is 2. The van der Waals surface area contributed by atoms with Crippen molar-refractivity contribution in [3.63, 3.8) is 0 Å². The first-order valence-corrected chi connectivity index (χ1v) is 10.3. The van der Waals surface area contributed by atoms with Gasteiger partial charge in [0.2, 0.25) is 5.91 Å². The molecule has 1 unspecified atom stereocenters. The third-order valence-corrected chi connectivity index (χ3v) is 5.59. The van der Waals surface area contributed by atoms with E-state index in [0.717, 1.165) is 34.4 Å². The molecule has 0 fully saturated rings. The average molecular weight is 423 g/mol. The van der Waals surface area contributed by atoms with Crippen molar-refractivity contribution in [2.24, 2.45) is 0 Å². The summed E-state index contributed by atoms with van der Waals surface area (Å²) >= 11 is 6.21. The van der Waals surface area contributed by atoms with Gasteiger partial charge in [-0.3, -0.25) is 9.59 Å². The Kier molecular flexibility index (Phi) is 5.35. The van der Waals surface area contributed by atoms with Crippen LogP contribution in [-0.4, -0.2) is 21.6 Å². The topological polar surface area (TPSA) is 76.0 Å². The van der Waals surface area contributed by atoms with E-state index in [9.17, 15) is 9.59 Å². The van der Waals surface area contributed by atoms with Crippen LogP contribution in [0.2, 0.25) is 5.02 Å². The van der Waals surface area contributed by atoms with Gasteiger partial charge in [0.25, 0.3) is 5.91 Å². The van der Waals surface area contributed by atoms with Crippen molar-refractivity contribution in [1.82, 2.24) is 9.78 Å². The number of carbonyl (C=O) groups excluding carboxylic acids is 2. The number of fused-ring (bicyclic) bond motifs is 1. The molecule has 7 heteroatoms. The van der Waals surface area contributed by atoms with Crippen molar-refractivity contribution in [3.8, 4) is 11.1 Å². The van der Waals surface area contributed by atoms with Crippen LogP contribution in [0.1, 0.15) is 36.2 Å². The maximum atomic E-state index is 12.7. The molecular weight excluding hydrogens is 400 g/mol. The molecule has 2 heterocycles. The van der Waals surface area contributed by atoms with E-state index in [0.29, 0.717) is 16.5 Å². The minimum absolute atomic E-state index is 0.0266. The Bertz CT molecular complexity index is 1130. The smallest absolute Gasteiger partial charge is 0.251 e. The Morgan fingerprint density at radius 2 is 1.87 bits per heavy atom. The highest BCUT2D eigenvalue weighted by molar-refractivity contribution is 6.33. The first kappa shape index (κ1) is 20.2. The van der Waals surface area contributed by atoms with Crippen LogP contribution in [0.3, 0.4) is 0 Å². The van der Waals surface area contributed by atoms with Crippen LogP contribution in [0.25, 0.3) is 11.1 Å². The first-order chi connectivity index (χ1) is 14.4. The lowest BCUT2D eigenvalue weighted by atomic mass is 10.0. The van der Waals surface area contributed by atoms with Crippen LogP contribution >= 0.6 is 11.6 Å². The zero-order valence-electron chi connectivity index (χ0n) is 17.1. The van der Waals surface area contributed by atoms with Gasteiger partial charge in [-0.25, -0.2) is 4.68 Å². The van der Waals surface area contributed by atoms with E-state index in [4.69, 9.17) is 11.6 Å². The monoisotopic (exact) mass is 422 g/mol. The number of amides is 2. The number of aryl methyl sites for hydroxylation is 3. The molecule has 4 rings (SSSR count). The predicted octanol–water partition coefficient (Wildman–Crippen LogP) is 4.90. The maximum absolute atomic E-state index is 12.7. The van der Waals surface area contributed by atoms with Gasteiger partial charge in [-0.15, -0.1) is 0 Å². The zero-order chi connectivity index (χ0) is 21.4. The molecule has 0 spiro atoms. The largest absolute Gasteiger partial charge is 0.325 e. The molecule has 0 radical (unpaired) electrons. The molecule has 3 aromatic rings. The molecule has 2 aromatic carbocycles. The number of hydrogen-bond acceptors (Lipinski definition) is 3. The lowest BCUT2D eigenvalue weighted by Gasteiger charge is -2.11. The summed E-state index contributed by atoms with van der Waals surface area (Å²) in [6.45, 7) is 5.98. The van der Waals surface area contributed by atoms with Gasteiger partial charge in [0.15, 0.2) is 0 Å². The molecule has 2 amide bonds. The van der Waals surface area contributed by atoms with E-state index in [2.05, 4.69) is 15.7 Å². The molecule has 0 saturated heterocycles. The SMILES string of the molecule is CCc1nn2c(c1-c1ccc(C)cc1)NC(=O)C2CC(=O)Nc1ccc(C)cc1Cl. The summed E-state index contributed by atoms with van der Waals surface area (Å²) in [6.07, 6.45) is 0.693. The van der Waals surface area contributed by atoms with E-state index in [1.807, 2.05) is 51.1 Å². The van der Waals surface area contributed by atoms with E-state index in [-0.39, 0.29) is 18.2 Å². The Balaban J connectivity index is 1.61. The number of benzene rings is 2. The van der Waals surface area contributed by atoms with Gasteiger partial charge in [0.1, 0.15) is 11.9 Å².